The summed E-state index contributed by atoms with van der Waals surface area (Å²) in [6, 6.07) is 22.4. The van der Waals surface area contributed by atoms with E-state index >= 15 is 0 Å². The Labute approximate surface area is 216 Å². The maximum atomic E-state index is 12.7. The van der Waals surface area contributed by atoms with Crippen molar-refractivity contribution in [1.82, 2.24) is 4.90 Å². The summed E-state index contributed by atoms with van der Waals surface area (Å²) >= 11 is 4.74. The second-order valence-corrected chi connectivity index (χ2v) is 9.55. The van der Waals surface area contributed by atoms with Crippen LogP contribution in [0.3, 0.4) is 0 Å². The van der Waals surface area contributed by atoms with Crippen molar-refractivity contribution in [2.45, 2.75) is 13.5 Å². The molecule has 3 aromatic carbocycles. The van der Waals surface area contributed by atoms with E-state index in [1.165, 1.54) is 16.7 Å². The Kier molecular flexibility index (Phi) is 8.05. The molecule has 1 aliphatic heterocycles. The third-order valence-electron chi connectivity index (χ3n) is 5.10. The van der Waals surface area contributed by atoms with Gasteiger partial charge in [0.05, 0.1) is 22.8 Å². The van der Waals surface area contributed by atoms with Crippen LogP contribution in [0.1, 0.15) is 28.4 Å². The molecular weight excluding hydrogens is 528 g/mol. The molecule has 0 aliphatic carbocycles. The Morgan fingerprint density at radius 3 is 2.37 bits per heavy atom. The van der Waals surface area contributed by atoms with Crippen LogP contribution in [0, 0.1) is 0 Å². The first-order chi connectivity index (χ1) is 16.9. The summed E-state index contributed by atoms with van der Waals surface area (Å²) in [6.07, 6.45) is 1.84. The fourth-order valence-electron chi connectivity index (χ4n) is 3.21. The van der Waals surface area contributed by atoms with Crippen molar-refractivity contribution in [3.8, 4) is 5.75 Å². The van der Waals surface area contributed by atoms with Crippen molar-refractivity contribution in [3.05, 3.63) is 98.9 Å². The van der Waals surface area contributed by atoms with Gasteiger partial charge in [0.25, 0.3) is 5.91 Å². The number of hydrogen-bond donors (Lipinski definition) is 0. The molecule has 0 bridgehead atoms. The summed E-state index contributed by atoms with van der Waals surface area (Å²) in [4.78, 5) is 31.2. The maximum absolute atomic E-state index is 12.7. The van der Waals surface area contributed by atoms with E-state index in [-0.39, 0.29) is 11.9 Å². The zero-order chi connectivity index (χ0) is 24.8. The number of rotatable bonds is 7. The van der Waals surface area contributed by atoms with Crippen molar-refractivity contribution in [1.29, 1.82) is 0 Å². The zero-order valence-corrected chi connectivity index (χ0v) is 21.6. The first-order valence-electron chi connectivity index (χ1n) is 10.9. The Hall–Kier alpha value is -3.36. The molecule has 0 atom stereocenters. The number of likely N-dealkylation sites (N-methyl/N-ethyl adjacent to an activating group) is 1. The first-order valence-corrected chi connectivity index (χ1v) is 12.5. The number of benzene rings is 3. The third kappa shape index (κ3) is 6.41. The average molecular weight is 551 g/mol. The number of thioether (sulfide) groups is 1. The number of ether oxygens (including phenoxy) is 2. The van der Waals surface area contributed by atoms with Crippen LogP contribution in [0.25, 0.3) is 6.08 Å². The number of esters is 1. The molecule has 0 unspecified atom stereocenters. The van der Waals surface area contributed by atoms with E-state index in [0.717, 1.165) is 21.3 Å². The molecule has 0 radical (unpaired) electrons. The highest BCUT2D eigenvalue weighted by Crippen LogP contribution is 2.33. The van der Waals surface area contributed by atoms with Crippen LogP contribution in [0.4, 0.5) is 5.69 Å². The summed E-state index contributed by atoms with van der Waals surface area (Å²) in [5.41, 5.74) is 3.08. The summed E-state index contributed by atoms with van der Waals surface area (Å²) in [5, 5.41) is 0.569. The Morgan fingerprint density at radius 2 is 1.71 bits per heavy atom. The van der Waals surface area contributed by atoms with E-state index in [9.17, 15) is 9.59 Å². The highest BCUT2D eigenvalue weighted by molar-refractivity contribution is 9.10. The predicted molar refractivity (Wildman–Crippen MR) is 143 cm³/mol. The molecule has 1 aliphatic rings. The molecule has 1 fully saturated rings. The quantitative estimate of drug-likeness (QED) is 0.250. The van der Waals surface area contributed by atoms with Gasteiger partial charge in [0.2, 0.25) is 0 Å². The Bertz CT molecular complexity index is 1270. The van der Waals surface area contributed by atoms with Crippen LogP contribution in [-0.2, 0) is 16.1 Å². The van der Waals surface area contributed by atoms with Crippen molar-refractivity contribution in [2.75, 3.05) is 13.7 Å². The average Bonchev–Trinajstić information content (AvgIpc) is 3.12. The van der Waals surface area contributed by atoms with Gasteiger partial charge in [-0.25, -0.2) is 9.79 Å². The number of amidine groups is 1. The van der Waals surface area contributed by atoms with Gasteiger partial charge in [-0.15, -0.1) is 0 Å². The van der Waals surface area contributed by atoms with Gasteiger partial charge in [0.1, 0.15) is 12.4 Å². The molecule has 178 valence electrons. The molecule has 0 aromatic heterocycles. The largest absolute Gasteiger partial charge is 0.489 e. The van der Waals surface area contributed by atoms with Crippen LogP contribution >= 0.6 is 27.7 Å². The molecule has 35 heavy (non-hydrogen) atoms. The fraction of sp³-hybridized carbons (Fsp3) is 0.148. The van der Waals surface area contributed by atoms with Gasteiger partial charge in [-0.2, -0.15) is 0 Å². The summed E-state index contributed by atoms with van der Waals surface area (Å²) in [5.74, 6) is 0.266. The zero-order valence-electron chi connectivity index (χ0n) is 19.2. The van der Waals surface area contributed by atoms with Gasteiger partial charge in [-0.1, -0.05) is 40.2 Å². The van der Waals surface area contributed by atoms with E-state index < -0.39 is 0 Å². The highest BCUT2D eigenvalue weighted by atomic mass is 79.9. The minimum atomic E-state index is -0.371. The van der Waals surface area contributed by atoms with E-state index in [2.05, 4.69) is 20.9 Å². The van der Waals surface area contributed by atoms with Gasteiger partial charge in [-0.05, 0) is 84.4 Å². The number of amides is 1. The first kappa shape index (κ1) is 24.8. The van der Waals surface area contributed by atoms with Crippen LogP contribution in [0.5, 0.6) is 5.75 Å². The standard InChI is InChI=1S/C27H23BrN2O4S/c1-3-33-26(32)20-8-12-22(13-9-20)29-27-30(2)25(31)24(35-27)16-18-6-14-23(15-7-18)34-17-19-4-10-21(28)11-5-19/h4-16H,3,17H2,1-2H3/b24-16+,29-27?. The molecule has 0 N–H and O–H groups in total. The molecule has 0 saturated carbocycles. The lowest BCUT2D eigenvalue weighted by Gasteiger charge is -2.07. The monoisotopic (exact) mass is 550 g/mol. The number of nitrogens with zero attached hydrogens (tertiary/aromatic N) is 2. The molecule has 3 aromatic rings. The number of carbonyl (C=O) groups is 2. The number of halogens is 1. The normalized spacial score (nSPS) is 15.6. The Morgan fingerprint density at radius 1 is 1.03 bits per heavy atom. The summed E-state index contributed by atoms with van der Waals surface area (Å²) in [7, 11) is 1.70. The molecule has 6 nitrogen and oxygen atoms in total. The van der Waals surface area contributed by atoms with Gasteiger partial charge >= 0.3 is 5.97 Å². The SMILES string of the molecule is CCOC(=O)c1ccc(N=C2S/C(=C/c3ccc(OCc4ccc(Br)cc4)cc3)C(=O)N2C)cc1. The number of hydrogen-bond acceptors (Lipinski definition) is 6. The van der Waals surface area contributed by atoms with Gasteiger partial charge in [0.15, 0.2) is 5.17 Å². The van der Waals surface area contributed by atoms with Crippen molar-refractivity contribution in [2.24, 2.45) is 4.99 Å². The fourth-order valence-corrected chi connectivity index (χ4v) is 4.46. The van der Waals surface area contributed by atoms with E-state index in [0.29, 0.717) is 34.5 Å². The van der Waals surface area contributed by atoms with Crippen LogP contribution in [0.15, 0.2) is 87.2 Å². The van der Waals surface area contributed by atoms with Crippen LogP contribution in [0.2, 0.25) is 0 Å². The van der Waals surface area contributed by atoms with Crippen molar-refractivity contribution >= 4 is 56.5 Å². The Balaban J connectivity index is 1.41. The smallest absolute Gasteiger partial charge is 0.338 e. The maximum Gasteiger partial charge on any atom is 0.338 e. The van der Waals surface area contributed by atoms with Gasteiger partial charge < -0.3 is 9.47 Å². The second kappa shape index (κ2) is 11.4. The molecule has 8 heteroatoms. The van der Waals surface area contributed by atoms with E-state index in [4.69, 9.17) is 9.47 Å². The topological polar surface area (TPSA) is 68.2 Å². The molecular formula is C27H23BrN2O4S. The summed E-state index contributed by atoms with van der Waals surface area (Å²) in [6.45, 7) is 2.57. The van der Waals surface area contributed by atoms with Gasteiger partial charge in [0, 0.05) is 11.5 Å². The second-order valence-electron chi connectivity index (χ2n) is 7.62. The lowest BCUT2D eigenvalue weighted by molar-refractivity contribution is -0.121. The van der Waals surface area contributed by atoms with Crippen molar-refractivity contribution < 1.29 is 19.1 Å². The molecule has 1 heterocycles. The minimum Gasteiger partial charge on any atom is -0.489 e. The molecule has 1 amide bonds. The minimum absolute atomic E-state index is 0.118. The van der Waals surface area contributed by atoms with E-state index in [1.807, 2.05) is 54.6 Å². The van der Waals surface area contributed by atoms with E-state index in [1.54, 1.807) is 38.2 Å². The number of aliphatic imine (C=N–C) groups is 1. The molecule has 0 spiro atoms. The third-order valence-corrected chi connectivity index (χ3v) is 6.69. The predicted octanol–water partition coefficient (Wildman–Crippen LogP) is 6.44. The summed E-state index contributed by atoms with van der Waals surface area (Å²) < 4.78 is 11.9. The number of carbonyl (C=O) groups excluding carboxylic acids is 2. The van der Waals surface area contributed by atoms with Crippen LogP contribution in [-0.4, -0.2) is 35.6 Å². The molecule has 4 rings (SSSR count). The lowest BCUT2D eigenvalue weighted by atomic mass is 10.2. The van der Waals surface area contributed by atoms with Gasteiger partial charge in [-0.3, -0.25) is 9.69 Å². The van der Waals surface area contributed by atoms with Crippen LogP contribution < -0.4 is 4.74 Å². The van der Waals surface area contributed by atoms with Crippen molar-refractivity contribution in [3.63, 3.8) is 0 Å². The molecule has 1 saturated heterocycles. The lowest BCUT2D eigenvalue weighted by Crippen LogP contribution is -2.23. The highest BCUT2D eigenvalue weighted by Gasteiger charge is 2.30.